The van der Waals surface area contributed by atoms with Gasteiger partial charge in [-0.05, 0) is 50.1 Å². The monoisotopic (exact) mass is 275 g/mol. The van der Waals surface area contributed by atoms with Crippen LogP contribution in [0, 0.1) is 20.6 Å². The average molecular weight is 275 g/mol. The first-order valence-corrected chi connectivity index (χ1v) is 6.84. The van der Waals surface area contributed by atoms with Crippen molar-refractivity contribution in [3.05, 3.63) is 52.7 Å². The second-order valence-electron chi connectivity index (χ2n) is 5.26. The summed E-state index contributed by atoms with van der Waals surface area (Å²) in [5.41, 5.74) is 3.09. The van der Waals surface area contributed by atoms with Gasteiger partial charge in [0.15, 0.2) is 6.20 Å². The molecule has 0 radical (unpaired) electrons. The van der Waals surface area contributed by atoms with Crippen molar-refractivity contribution in [1.82, 2.24) is 0 Å². The van der Waals surface area contributed by atoms with Crippen LogP contribution in [0.1, 0.15) is 58.0 Å². The summed E-state index contributed by atoms with van der Waals surface area (Å²) in [5, 5.41) is 0. The van der Waals surface area contributed by atoms with Crippen molar-refractivity contribution >= 4 is 0 Å². The van der Waals surface area contributed by atoms with E-state index in [1.54, 1.807) is 37.4 Å². The van der Waals surface area contributed by atoms with Gasteiger partial charge in [0.2, 0.25) is 5.69 Å². The fraction of sp³-hybridized carbons (Fsp3) is 0.421. The highest BCUT2D eigenvalue weighted by Gasteiger charge is 2.17. The lowest BCUT2D eigenvalue weighted by molar-refractivity contribution is -0.661. The molecule has 0 saturated carbocycles. The fourth-order valence-corrected chi connectivity index (χ4v) is 2.40. The van der Waals surface area contributed by atoms with Crippen molar-refractivity contribution in [3.63, 3.8) is 0 Å². The number of aromatic nitrogens is 1. The van der Waals surface area contributed by atoms with Gasteiger partial charge in [-0.1, -0.05) is 31.5 Å². The van der Waals surface area contributed by atoms with E-state index in [1.165, 1.54) is 0 Å². The van der Waals surface area contributed by atoms with E-state index >= 15 is 0 Å². The first-order chi connectivity index (χ1) is 12.2. The minimum Gasteiger partial charge on any atom is -0.201 e. The number of hydrogen-bond donors (Lipinski definition) is 0. The zero-order valence-corrected chi connectivity index (χ0v) is 12.5. The van der Waals surface area contributed by atoms with Gasteiger partial charge in [0.1, 0.15) is 7.05 Å². The molecule has 0 N–H and O–H groups in total. The van der Waals surface area contributed by atoms with E-state index in [9.17, 15) is 0 Å². The molecule has 1 aromatic heterocycles. The maximum absolute atomic E-state index is 8.52. The first-order valence-electron chi connectivity index (χ1n) is 10.3. The summed E-state index contributed by atoms with van der Waals surface area (Å²) in [7, 11) is 1.81. The van der Waals surface area contributed by atoms with E-state index in [-0.39, 0.29) is 11.1 Å². The van der Waals surface area contributed by atoms with E-state index in [1.807, 2.05) is 25.5 Å². The zero-order valence-electron chi connectivity index (χ0n) is 19.5. The van der Waals surface area contributed by atoms with Crippen molar-refractivity contribution < 1.29 is 14.2 Å². The van der Waals surface area contributed by atoms with Crippen LogP contribution in [0.15, 0.2) is 30.5 Å². The van der Waals surface area contributed by atoms with Gasteiger partial charge >= 0.3 is 0 Å². The van der Waals surface area contributed by atoms with Crippen LogP contribution in [0.25, 0.3) is 11.3 Å². The largest absolute Gasteiger partial charge is 0.212 e. The second-order valence-corrected chi connectivity index (χ2v) is 5.26. The second kappa shape index (κ2) is 5.78. The lowest BCUT2D eigenvalue weighted by atomic mass is 9.94. The maximum atomic E-state index is 8.52. The van der Waals surface area contributed by atoms with E-state index < -0.39 is 19.6 Å². The minimum atomic E-state index is -2.34. The molecule has 0 bridgehead atoms. The van der Waals surface area contributed by atoms with Gasteiger partial charge in [-0.2, -0.15) is 0 Å². The zero-order chi connectivity index (χ0) is 20.8. The van der Waals surface area contributed by atoms with Crippen molar-refractivity contribution in [3.8, 4) is 11.3 Å². The van der Waals surface area contributed by atoms with E-state index in [2.05, 4.69) is 0 Å². The number of aryl methyl sites for hydroxylation is 4. The van der Waals surface area contributed by atoms with E-state index in [0.717, 1.165) is 11.1 Å². The fourth-order valence-electron chi connectivity index (χ4n) is 2.40. The summed E-state index contributed by atoms with van der Waals surface area (Å²) in [6, 6.07) is 6.50. The summed E-state index contributed by atoms with van der Waals surface area (Å²) in [5.74, 6) is -1.01. The Morgan fingerprint density at radius 3 is 2.65 bits per heavy atom. The summed E-state index contributed by atoms with van der Waals surface area (Å²) in [6.45, 7) is 0.860. The third kappa shape index (κ3) is 2.77. The Labute approximate surface area is 133 Å². The Balaban J connectivity index is 2.73. The molecule has 2 rings (SSSR count). The molecule has 20 heavy (non-hydrogen) atoms. The molecule has 1 nitrogen and oxygen atoms in total. The molecule has 2 aromatic rings. The summed E-state index contributed by atoms with van der Waals surface area (Å²) in [6.07, 6.45) is 2.20. The van der Waals surface area contributed by atoms with Crippen LogP contribution in [-0.4, -0.2) is 0 Å². The van der Waals surface area contributed by atoms with Crippen LogP contribution in [0.3, 0.4) is 0 Å². The maximum Gasteiger partial charge on any atom is 0.212 e. The van der Waals surface area contributed by atoms with Crippen molar-refractivity contribution in [2.45, 2.75) is 46.8 Å². The van der Waals surface area contributed by atoms with Gasteiger partial charge in [-0.25, -0.2) is 4.57 Å². The smallest absolute Gasteiger partial charge is 0.201 e. The summed E-state index contributed by atoms with van der Waals surface area (Å²) < 4.78 is 56.8. The summed E-state index contributed by atoms with van der Waals surface area (Å²) >= 11 is 0. The minimum absolute atomic E-state index is 0.161. The van der Waals surface area contributed by atoms with Gasteiger partial charge in [-0.15, -0.1) is 0 Å². The summed E-state index contributed by atoms with van der Waals surface area (Å²) in [4.78, 5) is 0. The van der Waals surface area contributed by atoms with Crippen LogP contribution in [0.4, 0.5) is 0 Å². The third-order valence-electron chi connectivity index (χ3n) is 3.77. The van der Waals surface area contributed by atoms with Crippen molar-refractivity contribution in [1.29, 1.82) is 0 Å². The van der Waals surface area contributed by atoms with Crippen molar-refractivity contribution in [2.75, 3.05) is 0 Å². The van der Waals surface area contributed by atoms with E-state index in [4.69, 9.17) is 9.60 Å². The number of pyridine rings is 1. The SMILES string of the molecule is [2H]C([2H])([2H])c1ccc(-c2cc(C([2H])([2H])[2H])c(C([2H])(C)CC)c[n+]2C)c(C)c1. The highest BCUT2D eigenvalue weighted by molar-refractivity contribution is 5.62. The van der Waals surface area contributed by atoms with Gasteiger partial charge < -0.3 is 0 Å². The van der Waals surface area contributed by atoms with Crippen molar-refractivity contribution in [2.24, 2.45) is 7.05 Å². The molecule has 1 unspecified atom stereocenters. The molecular formula is C19H26N+. The Bertz CT molecular complexity index is 848. The molecule has 1 heterocycles. The molecule has 0 aliphatic carbocycles. The number of benzene rings is 1. The van der Waals surface area contributed by atoms with Gasteiger partial charge in [0.05, 0.1) is 0 Å². The molecule has 1 aromatic carbocycles. The first kappa shape index (κ1) is 7.97. The molecule has 0 aliphatic rings. The quantitative estimate of drug-likeness (QED) is 0.720. The predicted octanol–water partition coefficient (Wildman–Crippen LogP) is 4.62. The molecule has 106 valence electrons. The molecule has 0 fully saturated rings. The molecule has 0 aliphatic heterocycles. The Kier molecular flexibility index (Phi) is 2.30. The Morgan fingerprint density at radius 2 is 2.05 bits per heavy atom. The topological polar surface area (TPSA) is 3.88 Å². The lowest BCUT2D eigenvalue weighted by Gasteiger charge is -2.13. The Morgan fingerprint density at radius 1 is 1.25 bits per heavy atom. The van der Waals surface area contributed by atoms with Gasteiger partial charge in [-0.3, -0.25) is 0 Å². The van der Waals surface area contributed by atoms with Crippen LogP contribution in [0.5, 0.6) is 0 Å². The average Bonchev–Trinajstić information content (AvgIpc) is 2.53. The number of rotatable bonds is 3. The highest BCUT2D eigenvalue weighted by Crippen LogP contribution is 2.26. The highest BCUT2D eigenvalue weighted by atomic mass is 14.9. The molecule has 0 amide bonds. The van der Waals surface area contributed by atoms with Crippen LogP contribution >= 0.6 is 0 Å². The lowest BCUT2D eigenvalue weighted by Crippen LogP contribution is -2.32. The molecule has 1 heteroatoms. The number of hydrogen-bond acceptors (Lipinski definition) is 0. The molecule has 0 spiro atoms. The molecular weight excluding hydrogens is 242 g/mol. The third-order valence-corrected chi connectivity index (χ3v) is 3.77. The van der Waals surface area contributed by atoms with Crippen LogP contribution in [0.2, 0.25) is 0 Å². The van der Waals surface area contributed by atoms with Crippen LogP contribution in [-0.2, 0) is 7.05 Å². The molecule has 0 saturated heterocycles. The van der Waals surface area contributed by atoms with Crippen LogP contribution < -0.4 is 4.57 Å². The standard InChI is InChI=1S/C19H26N/c1-7-14(3)18-12-20(6)19(11-16(18)5)17-9-8-13(2)10-15(17)4/h8-12,14H,7H2,1-6H3/q+1/i2D3,5D3,14D. The molecule has 1 atom stereocenters. The number of nitrogens with zero attached hydrogens (tertiary/aromatic N) is 1. The van der Waals surface area contributed by atoms with E-state index in [0.29, 0.717) is 17.7 Å². The Hall–Kier alpha value is -1.63. The predicted molar refractivity (Wildman–Crippen MR) is 86.0 cm³/mol. The van der Waals surface area contributed by atoms with Gasteiger partial charge in [0.25, 0.3) is 0 Å². The normalized spacial score (nSPS) is 20.5. The van der Waals surface area contributed by atoms with Gasteiger partial charge in [0, 0.05) is 26.8 Å².